The molecule has 0 bridgehead atoms. The molecule has 0 aromatic heterocycles. The topological polar surface area (TPSA) is 115 Å². The minimum absolute atomic E-state index is 0.274. The minimum atomic E-state index is -0.721. The lowest BCUT2D eigenvalue weighted by Crippen LogP contribution is -2.46. The summed E-state index contributed by atoms with van der Waals surface area (Å²) in [4.78, 5) is 36.7. The van der Waals surface area contributed by atoms with Gasteiger partial charge in [-0.2, -0.15) is 0 Å². The molecule has 0 spiro atoms. The quantitative estimate of drug-likeness (QED) is 0.545. The van der Waals surface area contributed by atoms with E-state index in [1.807, 2.05) is 25.1 Å². The Morgan fingerprint density at radius 3 is 2.50 bits per heavy atom. The van der Waals surface area contributed by atoms with Gasteiger partial charge in [0.15, 0.2) is 18.1 Å². The van der Waals surface area contributed by atoms with Gasteiger partial charge in [-0.3, -0.25) is 4.79 Å². The molecule has 0 saturated heterocycles. The van der Waals surface area contributed by atoms with Crippen molar-refractivity contribution in [2.75, 3.05) is 25.6 Å². The lowest BCUT2D eigenvalue weighted by molar-refractivity contribution is -0.142. The predicted molar refractivity (Wildman–Crippen MR) is 117 cm³/mol. The van der Waals surface area contributed by atoms with Crippen LogP contribution >= 0.6 is 0 Å². The fraction of sp³-hybridized carbons (Fsp3) is 0.261. The first-order valence-electron chi connectivity index (χ1n) is 10.0. The van der Waals surface area contributed by atoms with Crippen molar-refractivity contribution >= 4 is 23.6 Å². The molecule has 3 N–H and O–H groups in total. The van der Waals surface area contributed by atoms with Gasteiger partial charge in [-0.1, -0.05) is 24.3 Å². The van der Waals surface area contributed by atoms with Crippen LogP contribution < -0.4 is 25.4 Å². The van der Waals surface area contributed by atoms with Crippen LogP contribution in [0.25, 0.3) is 0 Å². The van der Waals surface area contributed by atoms with Crippen molar-refractivity contribution < 1.29 is 28.6 Å². The standard InChI is InChI=1S/C23H25N3O6/c1-4-31-18-12-15(10-11-17(18)32-13-19(27)30-3)21-20(14(2)24-23(29)26-21)22(28)25-16-8-6-5-7-9-16/h5-12,21H,4,13H2,1-3H3,(H,25,28)(H2,24,26,29). The van der Waals surface area contributed by atoms with Crippen molar-refractivity contribution in [3.8, 4) is 11.5 Å². The summed E-state index contributed by atoms with van der Waals surface area (Å²) < 4.78 is 15.7. The second kappa shape index (κ2) is 10.3. The third kappa shape index (κ3) is 5.37. The van der Waals surface area contributed by atoms with Crippen LogP contribution in [0.15, 0.2) is 59.8 Å². The number of anilines is 1. The van der Waals surface area contributed by atoms with E-state index in [4.69, 9.17) is 9.47 Å². The molecule has 9 nitrogen and oxygen atoms in total. The number of urea groups is 1. The molecule has 1 unspecified atom stereocenters. The van der Waals surface area contributed by atoms with Crippen LogP contribution in [0.4, 0.5) is 10.5 Å². The van der Waals surface area contributed by atoms with Gasteiger partial charge in [0.1, 0.15) is 0 Å². The molecular weight excluding hydrogens is 414 g/mol. The Labute approximate surface area is 185 Å². The monoisotopic (exact) mass is 439 g/mol. The molecule has 1 atom stereocenters. The smallest absolute Gasteiger partial charge is 0.343 e. The Hall–Kier alpha value is -4.01. The summed E-state index contributed by atoms with van der Waals surface area (Å²) in [5.74, 6) is -0.157. The van der Waals surface area contributed by atoms with Crippen molar-refractivity contribution in [2.45, 2.75) is 19.9 Å². The molecule has 0 radical (unpaired) electrons. The highest BCUT2D eigenvalue weighted by Gasteiger charge is 2.32. The number of rotatable bonds is 8. The number of carbonyl (C=O) groups excluding carboxylic acids is 3. The van der Waals surface area contributed by atoms with Gasteiger partial charge >= 0.3 is 12.0 Å². The van der Waals surface area contributed by atoms with Gasteiger partial charge in [-0.15, -0.1) is 0 Å². The normalized spacial score (nSPS) is 15.3. The van der Waals surface area contributed by atoms with Crippen molar-refractivity contribution in [3.05, 3.63) is 65.4 Å². The first-order chi connectivity index (χ1) is 15.4. The van der Waals surface area contributed by atoms with Crippen molar-refractivity contribution in [1.29, 1.82) is 0 Å². The molecule has 1 heterocycles. The Bertz CT molecular complexity index is 1040. The van der Waals surface area contributed by atoms with E-state index in [2.05, 4.69) is 20.7 Å². The molecular formula is C23H25N3O6. The molecule has 2 aromatic carbocycles. The van der Waals surface area contributed by atoms with E-state index in [0.717, 1.165) is 0 Å². The molecule has 168 valence electrons. The zero-order valence-electron chi connectivity index (χ0n) is 18.1. The summed E-state index contributed by atoms with van der Waals surface area (Å²) in [5.41, 5.74) is 2.05. The predicted octanol–water partition coefficient (Wildman–Crippen LogP) is 2.90. The van der Waals surface area contributed by atoms with Crippen LogP contribution in [-0.4, -0.2) is 38.2 Å². The summed E-state index contributed by atoms with van der Waals surface area (Å²) in [5, 5.41) is 8.29. The zero-order valence-corrected chi connectivity index (χ0v) is 18.1. The molecule has 0 fully saturated rings. The first kappa shape index (κ1) is 22.7. The highest BCUT2D eigenvalue weighted by atomic mass is 16.6. The number of methoxy groups -OCH3 is 1. The fourth-order valence-electron chi connectivity index (χ4n) is 3.25. The van der Waals surface area contributed by atoms with E-state index in [0.29, 0.717) is 40.6 Å². The van der Waals surface area contributed by atoms with Gasteiger partial charge < -0.3 is 30.2 Å². The highest BCUT2D eigenvalue weighted by molar-refractivity contribution is 6.06. The van der Waals surface area contributed by atoms with Gasteiger partial charge in [0.25, 0.3) is 5.91 Å². The molecule has 3 rings (SSSR count). The SMILES string of the molecule is CCOc1cc(C2NC(=O)NC(C)=C2C(=O)Nc2ccccc2)ccc1OCC(=O)OC. The van der Waals surface area contributed by atoms with Crippen LogP contribution in [0.1, 0.15) is 25.5 Å². The van der Waals surface area contributed by atoms with Crippen molar-refractivity contribution in [2.24, 2.45) is 0 Å². The van der Waals surface area contributed by atoms with Gasteiger partial charge in [0, 0.05) is 11.4 Å². The molecule has 0 aliphatic carbocycles. The van der Waals surface area contributed by atoms with E-state index in [1.54, 1.807) is 37.3 Å². The van der Waals surface area contributed by atoms with Gasteiger partial charge in [0.05, 0.1) is 25.3 Å². The van der Waals surface area contributed by atoms with Gasteiger partial charge in [-0.05, 0) is 43.7 Å². The molecule has 32 heavy (non-hydrogen) atoms. The molecule has 2 aromatic rings. The van der Waals surface area contributed by atoms with Crippen LogP contribution in [0.3, 0.4) is 0 Å². The average Bonchev–Trinajstić information content (AvgIpc) is 2.78. The number of para-hydroxylation sites is 1. The zero-order chi connectivity index (χ0) is 23.1. The lowest BCUT2D eigenvalue weighted by Gasteiger charge is -2.29. The molecule has 9 heteroatoms. The number of allylic oxidation sites excluding steroid dienone is 1. The number of carbonyl (C=O) groups is 3. The van der Waals surface area contributed by atoms with Gasteiger partial charge in [-0.25, -0.2) is 9.59 Å². The van der Waals surface area contributed by atoms with E-state index >= 15 is 0 Å². The first-order valence-corrected chi connectivity index (χ1v) is 10.0. The molecule has 3 amide bonds. The number of benzene rings is 2. The number of ether oxygens (including phenoxy) is 3. The maximum atomic E-state index is 13.1. The molecule has 1 aliphatic rings. The Morgan fingerprint density at radius 1 is 1.06 bits per heavy atom. The second-order valence-corrected chi connectivity index (χ2v) is 6.89. The second-order valence-electron chi connectivity index (χ2n) is 6.89. The van der Waals surface area contributed by atoms with E-state index in [9.17, 15) is 14.4 Å². The van der Waals surface area contributed by atoms with Gasteiger partial charge in [0.2, 0.25) is 0 Å². The number of nitrogens with one attached hydrogen (secondary N) is 3. The maximum Gasteiger partial charge on any atom is 0.343 e. The third-order valence-electron chi connectivity index (χ3n) is 4.72. The highest BCUT2D eigenvalue weighted by Crippen LogP contribution is 2.35. The summed E-state index contributed by atoms with van der Waals surface area (Å²) >= 11 is 0. The Kier molecular flexibility index (Phi) is 7.33. The molecule has 1 aliphatic heterocycles. The summed E-state index contributed by atoms with van der Waals surface area (Å²) in [6, 6.07) is 12.9. The maximum absolute atomic E-state index is 13.1. The minimum Gasteiger partial charge on any atom is -0.490 e. The number of esters is 1. The van der Waals surface area contributed by atoms with Crippen LogP contribution in [-0.2, 0) is 14.3 Å². The van der Waals surface area contributed by atoms with Crippen LogP contribution in [0.2, 0.25) is 0 Å². The third-order valence-corrected chi connectivity index (χ3v) is 4.72. The van der Waals surface area contributed by atoms with E-state index < -0.39 is 18.0 Å². The number of amides is 3. The Morgan fingerprint density at radius 2 is 1.81 bits per heavy atom. The van der Waals surface area contributed by atoms with E-state index in [-0.39, 0.29) is 12.5 Å². The summed E-state index contributed by atoms with van der Waals surface area (Å²) in [6.07, 6.45) is 0. The van der Waals surface area contributed by atoms with Crippen molar-refractivity contribution in [1.82, 2.24) is 10.6 Å². The average molecular weight is 439 g/mol. The van der Waals surface area contributed by atoms with Crippen LogP contribution in [0, 0.1) is 0 Å². The van der Waals surface area contributed by atoms with Crippen molar-refractivity contribution in [3.63, 3.8) is 0 Å². The number of hydrogen-bond acceptors (Lipinski definition) is 6. The Balaban J connectivity index is 1.92. The summed E-state index contributed by atoms with van der Waals surface area (Å²) in [7, 11) is 1.27. The largest absolute Gasteiger partial charge is 0.490 e. The molecule has 0 saturated carbocycles. The summed E-state index contributed by atoms with van der Waals surface area (Å²) in [6.45, 7) is 3.56. The van der Waals surface area contributed by atoms with E-state index in [1.165, 1.54) is 7.11 Å². The fourth-order valence-corrected chi connectivity index (χ4v) is 3.25. The lowest BCUT2D eigenvalue weighted by atomic mass is 9.94. The van der Waals surface area contributed by atoms with Crippen LogP contribution in [0.5, 0.6) is 11.5 Å². The number of hydrogen-bond donors (Lipinski definition) is 3.